The molecule has 5 nitrogen and oxygen atoms in total. The first-order valence-corrected chi connectivity index (χ1v) is 5.57. The van der Waals surface area contributed by atoms with E-state index in [4.69, 9.17) is 0 Å². The molecule has 2 aromatic rings. The lowest BCUT2D eigenvalue weighted by molar-refractivity contribution is 0.0793. The number of carbonyl (C=O) groups excluding carboxylic acids is 1. The van der Waals surface area contributed by atoms with Crippen LogP contribution in [0.1, 0.15) is 10.5 Å². The van der Waals surface area contributed by atoms with Crippen molar-refractivity contribution in [3.05, 3.63) is 30.0 Å². The van der Waals surface area contributed by atoms with Crippen molar-refractivity contribution in [2.24, 2.45) is 0 Å². The number of fused-ring (bicyclic) bond motifs is 1. The molecular formula is C12H16N4O. The van der Waals surface area contributed by atoms with Crippen molar-refractivity contribution in [2.75, 3.05) is 27.2 Å². The van der Waals surface area contributed by atoms with Crippen LogP contribution in [-0.2, 0) is 0 Å². The molecule has 0 saturated heterocycles. The van der Waals surface area contributed by atoms with E-state index in [0.717, 1.165) is 17.4 Å². The van der Waals surface area contributed by atoms with Crippen LogP contribution in [0.25, 0.3) is 10.9 Å². The minimum atomic E-state index is -0.0577. The molecule has 0 saturated carbocycles. The number of aromatic nitrogens is 2. The molecule has 1 heterocycles. The van der Waals surface area contributed by atoms with Gasteiger partial charge >= 0.3 is 0 Å². The summed E-state index contributed by atoms with van der Waals surface area (Å²) in [5, 5.41) is 10.8. The highest BCUT2D eigenvalue weighted by atomic mass is 16.2. The summed E-state index contributed by atoms with van der Waals surface area (Å²) in [4.78, 5) is 13.8. The second-order valence-corrected chi connectivity index (χ2v) is 3.95. The van der Waals surface area contributed by atoms with Crippen LogP contribution in [0.2, 0.25) is 0 Å². The van der Waals surface area contributed by atoms with E-state index in [1.165, 1.54) is 0 Å². The van der Waals surface area contributed by atoms with Crippen molar-refractivity contribution in [3.8, 4) is 0 Å². The van der Waals surface area contributed by atoms with Crippen LogP contribution in [0.15, 0.2) is 24.3 Å². The zero-order valence-corrected chi connectivity index (χ0v) is 10.0. The quantitative estimate of drug-likeness (QED) is 0.821. The van der Waals surface area contributed by atoms with Crippen LogP contribution < -0.4 is 5.32 Å². The molecule has 0 bridgehead atoms. The molecule has 17 heavy (non-hydrogen) atoms. The molecule has 0 aliphatic heterocycles. The molecule has 1 aromatic carbocycles. The minimum Gasteiger partial charge on any atom is -0.339 e. The highest BCUT2D eigenvalue weighted by Gasteiger charge is 2.17. The molecule has 90 valence electrons. The Balaban J connectivity index is 2.24. The second kappa shape index (κ2) is 4.97. The number of amides is 1. The van der Waals surface area contributed by atoms with E-state index >= 15 is 0 Å². The van der Waals surface area contributed by atoms with Crippen LogP contribution in [0.3, 0.4) is 0 Å². The Kier molecular flexibility index (Phi) is 3.39. The molecular weight excluding hydrogens is 216 g/mol. The predicted octanol–water partition coefficient (Wildman–Crippen LogP) is 0.854. The SMILES string of the molecule is CNCCN(C)C(=O)c1n[nH]c2ccccc12. The highest BCUT2D eigenvalue weighted by Crippen LogP contribution is 2.16. The minimum absolute atomic E-state index is 0.0577. The van der Waals surface area contributed by atoms with E-state index in [0.29, 0.717) is 12.2 Å². The Bertz CT molecular complexity index is 520. The molecule has 0 radical (unpaired) electrons. The maximum Gasteiger partial charge on any atom is 0.274 e. The average molecular weight is 232 g/mol. The van der Waals surface area contributed by atoms with Gasteiger partial charge in [0.25, 0.3) is 5.91 Å². The Morgan fingerprint density at radius 3 is 3.00 bits per heavy atom. The maximum absolute atomic E-state index is 12.1. The maximum atomic E-state index is 12.1. The lowest BCUT2D eigenvalue weighted by Gasteiger charge is -2.15. The first-order valence-electron chi connectivity index (χ1n) is 5.57. The van der Waals surface area contributed by atoms with Gasteiger partial charge in [0, 0.05) is 25.5 Å². The summed E-state index contributed by atoms with van der Waals surface area (Å²) in [7, 11) is 3.64. The number of hydrogen-bond acceptors (Lipinski definition) is 3. The van der Waals surface area contributed by atoms with Crippen molar-refractivity contribution >= 4 is 16.8 Å². The molecule has 1 amide bonds. The first kappa shape index (κ1) is 11.6. The van der Waals surface area contributed by atoms with Gasteiger partial charge in [0.05, 0.1) is 5.52 Å². The van der Waals surface area contributed by atoms with Crippen LogP contribution in [0, 0.1) is 0 Å². The monoisotopic (exact) mass is 232 g/mol. The van der Waals surface area contributed by atoms with Gasteiger partial charge in [0.1, 0.15) is 0 Å². The van der Waals surface area contributed by atoms with Crippen LogP contribution >= 0.6 is 0 Å². The third-order valence-corrected chi connectivity index (χ3v) is 2.72. The summed E-state index contributed by atoms with van der Waals surface area (Å²) in [5.74, 6) is -0.0577. The molecule has 0 unspecified atom stereocenters. The standard InChI is InChI=1S/C12H16N4O/c1-13-7-8-16(2)12(17)11-9-5-3-4-6-10(9)14-15-11/h3-6,13H,7-8H2,1-2H3,(H,14,15). The summed E-state index contributed by atoms with van der Waals surface area (Å²) >= 11 is 0. The number of hydrogen-bond donors (Lipinski definition) is 2. The number of nitrogens with zero attached hydrogens (tertiary/aromatic N) is 2. The molecule has 0 spiro atoms. The second-order valence-electron chi connectivity index (χ2n) is 3.95. The average Bonchev–Trinajstić information content (AvgIpc) is 2.78. The third kappa shape index (κ3) is 2.29. The lowest BCUT2D eigenvalue weighted by Crippen LogP contribution is -2.33. The Morgan fingerprint density at radius 2 is 2.24 bits per heavy atom. The number of benzene rings is 1. The fourth-order valence-corrected chi connectivity index (χ4v) is 1.69. The van der Waals surface area contributed by atoms with Crippen LogP contribution in [0.5, 0.6) is 0 Å². The number of likely N-dealkylation sites (N-methyl/N-ethyl adjacent to an activating group) is 2. The number of carbonyl (C=O) groups is 1. The molecule has 2 N–H and O–H groups in total. The fraction of sp³-hybridized carbons (Fsp3) is 0.333. The lowest BCUT2D eigenvalue weighted by atomic mass is 10.2. The molecule has 0 aliphatic rings. The van der Waals surface area contributed by atoms with Crippen molar-refractivity contribution in [3.63, 3.8) is 0 Å². The summed E-state index contributed by atoms with van der Waals surface area (Å²) < 4.78 is 0. The number of para-hydroxylation sites is 1. The van der Waals surface area contributed by atoms with E-state index in [1.807, 2.05) is 31.3 Å². The van der Waals surface area contributed by atoms with Gasteiger partial charge in [-0.2, -0.15) is 5.10 Å². The van der Waals surface area contributed by atoms with Crippen LogP contribution in [0.4, 0.5) is 0 Å². The first-order chi connectivity index (χ1) is 8.24. The molecule has 2 rings (SSSR count). The van der Waals surface area contributed by atoms with Gasteiger partial charge in [-0.25, -0.2) is 0 Å². The van der Waals surface area contributed by atoms with Gasteiger partial charge in [0.15, 0.2) is 5.69 Å². The largest absolute Gasteiger partial charge is 0.339 e. The topological polar surface area (TPSA) is 61.0 Å². The Labute approximate surface area is 99.8 Å². The van der Waals surface area contributed by atoms with Gasteiger partial charge in [-0.15, -0.1) is 0 Å². The van der Waals surface area contributed by atoms with Gasteiger partial charge in [0.2, 0.25) is 0 Å². The third-order valence-electron chi connectivity index (χ3n) is 2.72. The van der Waals surface area contributed by atoms with Gasteiger partial charge in [-0.05, 0) is 13.1 Å². The molecule has 5 heteroatoms. The Morgan fingerprint density at radius 1 is 1.47 bits per heavy atom. The smallest absolute Gasteiger partial charge is 0.274 e. The fourth-order valence-electron chi connectivity index (χ4n) is 1.69. The van der Waals surface area contributed by atoms with Crippen molar-refractivity contribution in [1.82, 2.24) is 20.4 Å². The molecule has 0 atom stereocenters. The van der Waals surface area contributed by atoms with Crippen molar-refractivity contribution in [2.45, 2.75) is 0 Å². The predicted molar refractivity (Wildman–Crippen MR) is 67.0 cm³/mol. The number of H-pyrrole nitrogens is 1. The van der Waals surface area contributed by atoms with Gasteiger partial charge in [-0.1, -0.05) is 18.2 Å². The zero-order chi connectivity index (χ0) is 12.3. The summed E-state index contributed by atoms with van der Waals surface area (Å²) in [6.07, 6.45) is 0. The van der Waals surface area contributed by atoms with Gasteiger partial charge in [-0.3, -0.25) is 9.89 Å². The number of aromatic amines is 1. The molecule has 0 fully saturated rings. The van der Waals surface area contributed by atoms with Crippen LogP contribution in [-0.4, -0.2) is 48.2 Å². The van der Waals surface area contributed by atoms with Crippen molar-refractivity contribution < 1.29 is 4.79 Å². The number of nitrogens with one attached hydrogen (secondary N) is 2. The normalized spacial score (nSPS) is 10.7. The van der Waals surface area contributed by atoms with E-state index in [-0.39, 0.29) is 5.91 Å². The van der Waals surface area contributed by atoms with E-state index in [2.05, 4.69) is 15.5 Å². The van der Waals surface area contributed by atoms with E-state index < -0.39 is 0 Å². The summed E-state index contributed by atoms with van der Waals surface area (Å²) in [6.45, 7) is 1.43. The Hall–Kier alpha value is -1.88. The van der Waals surface area contributed by atoms with Gasteiger partial charge < -0.3 is 10.2 Å². The summed E-state index contributed by atoms with van der Waals surface area (Å²) in [5.41, 5.74) is 1.37. The number of rotatable bonds is 4. The molecule has 1 aromatic heterocycles. The molecule has 0 aliphatic carbocycles. The highest BCUT2D eigenvalue weighted by molar-refractivity contribution is 6.04. The zero-order valence-electron chi connectivity index (χ0n) is 10.0. The summed E-state index contributed by atoms with van der Waals surface area (Å²) in [6, 6.07) is 7.63. The van der Waals surface area contributed by atoms with E-state index in [1.54, 1.807) is 11.9 Å². The van der Waals surface area contributed by atoms with Crippen molar-refractivity contribution in [1.29, 1.82) is 0 Å². The van der Waals surface area contributed by atoms with E-state index in [9.17, 15) is 4.79 Å².